The molecule has 0 saturated carbocycles. The molecule has 2 amide bonds. The van der Waals surface area contributed by atoms with Crippen molar-refractivity contribution >= 4 is 12.0 Å². The monoisotopic (exact) mass is 538 g/mol. The van der Waals surface area contributed by atoms with Gasteiger partial charge in [0.1, 0.15) is 12.6 Å². The van der Waals surface area contributed by atoms with Crippen molar-refractivity contribution in [3.8, 4) is 11.1 Å². The third-order valence-electron chi connectivity index (χ3n) is 7.26. The zero-order valence-electron chi connectivity index (χ0n) is 24.4. The van der Waals surface area contributed by atoms with Crippen LogP contribution < -0.4 is 5.32 Å². The fraction of sp³-hybridized carbons (Fsp3) is 0.562. The summed E-state index contributed by atoms with van der Waals surface area (Å²) in [6.45, 7) is 14.2. The van der Waals surface area contributed by atoms with Crippen molar-refractivity contribution < 1.29 is 23.8 Å². The molecule has 2 atom stereocenters. The second-order valence-corrected chi connectivity index (χ2v) is 10.7. The molecular weight excluding hydrogens is 492 g/mol. The Morgan fingerprint density at radius 3 is 1.95 bits per heavy atom. The topological polar surface area (TPSA) is 77.1 Å². The van der Waals surface area contributed by atoms with Crippen LogP contribution in [0.15, 0.2) is 48.5 Å². The minimum atomic E-state index is -0.700. The first kappa shape index (κ1) is 30.6. The summed E-state index contributed by atoms with van der Waals surface area (Å²) in [5.74, 6) is 0.323. The van der Waals surface area contributed by atoms with Gasteiger partial charge in [-0.05, 0) is 54.4 Å². The Balaban J connectivity index is 1.72. The number of alkyl carbamates (subject to hydrolysis) is 1. The van der Waals surface area contributed by atoms with Gasteiger partial charge in [0.05, 0.1) is 6.54 Å². The van der Waals surface area contributed by atoms with E-state index in [0.717, 1.165) is 17.5 Å². The van der Waals surface area contributed by atoms with Gasteiger partial charge in [0.2, 0.25) is 5.91 Å². The summed E-state index contributed by atoms with van der Waals surface area (Å²) in [5.41, 5.74) is 4.65. The quantitative estimate of drug-likeness (QED) is 0.273. The van der Waals surface area contributed by atoms with Crippen molar-refractivity contribution in [1.82, 2.24) is 10.2 Å². The zero-order valence-corrected chi connectivity index (χ0v) is 24.4. The van der Waals surface area contributed by atoms with Crippen LogP contribution in [0.1, 0.15) is 71.4 Å². The summed E-state index contributed by atoms with van der Waals surface area (Å²) in [7, 11) is 0. The van der Waals surface area contributed by atoms with Gasteiger partial charge in [0.15, 0.2) is 6.29 Å². The molecule has 7 nitrogen and oxygen atoms in total. The first-order valence-electron chi connectivity index (χ1n) is 14.4. The fourth-order valence-corrected chi connectivity index (χ4v) is 5.16. The molecule has 2 aromatic rings. The van der Waals surface area contributed by atoms with Crippen molar-refractivity contribution in [2.24, 2.45) is 11.8 Å². The lowest BCUT2D eigenvalue weighted by Crippen LogP contribution is -2.52. The van der Waals surface area contributed by atoms with Crippen LogP contribution in [0.4, 0.5) is 4.79 Å². The van der Waals surface area contributed by atoms with E-state index in [4.69, 9.17) is 14.2 Å². The maximum atomic E-state index is 13.8. The van der Waals surface area contributed by atoms with E-state index in [1.165, 1.54) is 11.1 Å². The summed E-state index contributed by atoms with van der Waals surface area (Å²) in [4.78, 5) is 28.7. The van der Waals surface area contributed by atoms with Gasteiger partial charge < -0.3 is 24.4 Å². The summed E-state index contributed by atoms with van der Waals surface area (Å²) < 4.78 is 17.3. The van der Waals surface area contributed by atoms with E-state index in [2.05, 4.69) is 43.4 Å². The minimum Gasteiger partial charge on any atom is -0.449 e. The number of ether oxygens (including phenoxy) is 3. The first-order chi connectivity index (χ1) is 18.8. The number of rotatable bonds is 15. The second-order valence-electron chi connectivity index (χ2n) is 10.7. The molecule has 3 rings (SSSR count). The maximum Gasteiger partial charge on any atom is 0.407 e. The standard InChI is InChI=1S/C32H46N2O5/c1-7-23(6)19-34(20-30(37-8-2)38-9-3)31(35)29(18-22(4)5)33-32(36)39-21-28-26-16-12-10-14-24(26)25-15-11-13-17-27(25)28/h10-17,22-23,28-30H,7-9,18-21H2,1-6H3,(H,33,36). The normalized spacial score (nSPS) is 14.2. The van der Waals surface area contributed by atoms with Gasteiger partial charge >= 0.3 is 6.09 Å². The molecule has 214 valence electrons. The van der Waals surface area contributed by atoms with Crippen molar-refractivity contribution in [2.75, 3.05) is 32.9 Å². The van der Waals surface area contributed by atoms with Crippen LogP contribution in [0.5, 0.6) is 0 Å². The Bertz CT molecular complexity index is 1020. The van der Waals surface area contributed by atoms with Gasteiger partial charge in [0.25, 0.3) is 0 Å². The zero-order chi connectivity index (χ0) is 28.4. The van der Waals surface area contributed by atoms with Crippen molar-refractivity contribution in [3.63, 3.8) is 0 Å². The number of carbonyl (C=O) groups is 2. The second kappa shape index (κ2) is 15.0. The number of nitrogens with zero attached hydrogens (tertiary/aromatic N) is 1. The highest BCUT2D eigenvalue weighted by molar-refractivity contribution is 5.86. The predicted molar refractivity (Wildman–Crippen MR) is 155 cm³/mol. The number of fused-ring (bicyclic) bond motifs is 3. The van der Waals surface area contributed by atoms with Crippen LogP contribution in [0.3, 0.4) is 0 Å². The van der Waals surface area contributed by atoms with Gasteiger partial charge in [0, 0.05) is 25.7 Å². The number of nitrogens with one attached hydrogen (secondary N) is 1. The molecule has 1 N–H and O–H groups in total. The minimum absolute atomic E-state index is 0.0394. The predicted octanol–water partition coefficient (Wildman–Crippen LogP) is 6.21. The molecule has 1 aliphatic carbocycles. The number of benzene rings is 2. The summed E-state index contributed by atoms with van der Waals surface area (Å²) in [6, 6.07) is 15.8. The van der Waals surface area contributed by atoms with Crippen LogP contribution in [0, 0.1) is 11.8 Å². The lowest BCUT2D eigenvalue weighted by atomic mass is 9.98. The number of hydrogen-bond acceptors (Lipinski definition) is 5. The molecule has 0 aliphatic heterocycles. The average Bonchev–Trinajstić information content (AvgIpc) is 3.24. The Morgan fingerprint density at radius 1 is 0.872 bits per heavy atom. The molecule has 0 fully saturated rings. The number of carbonyl (C=O) groups excluding carboxylic acids is 2. The molecular formula is C32H46N2O5. The molecule has 0 aromatic heterocycles. The van der Waals surface area contributed by atoms with Crippen molar-refractivity contribution in [3.05, 3.63) is 59.7 Å². The number of hydrogen-bond donors (Lipinski definition) is 1. The first-order valence-corrected chi connectivity index (χ1v) is 14.4. The molecule has 39 heavy (non-hydrogen) atoms. The molecule has 0 heterocycles. The third-order valence-corrected chi connectivity index (χ3v) is 7.26. The molecule has 7 heteroatoms. The van der Waals surface area contributed by atoms with E-state index in [9.17, 15) is 9.59 Å². The van der Waals surface area contributed by atoms with Gasteiger partial charge in [-0.1, -0.05) is 82.6 Å². The van der Waals surface area contributed by atoms with Crippen LogP contribution in [-0.2, 0) is 19.0 Å². The maximum absolute atomic E-state index is 13.8. The molecule has 0 bridgehead atoms. The highest BCUT2D eigenvalue weighted by Crippen LogP contribution is 2.44. The lowest BCUT2D eigenvalue weighted by molar-refractivity contribution is -0.161. The molecule has 0 saturated heterocycles. The SMILES string of the molecule is CCOC(CN(CC(C)CC)C(=O)C(CC(C)C)NC(=O)OCC1c2ccccc2-c2ccccc21)OCC. The Labute approximate surface area is 234 Å². The summed E-state index contributed by atoms with van der Waals surface area (Å²) >= 11 is 0. The van der Waals surface area contributed by atoms with Gasteiger partial charge in [-0.15, -0.1) is 0 Å². The molecule has 1 aliphatic rings. The van der Waals surface area contributed by atoms with Crippen molar-refractivity contribution in [1.29, 1.82) is 0 Å². The van der Waals surface area contributed by atoms with Gasteiger partial charge in [-0.25, -0.2) is 4.79 Å². The third kappa shape index (κ3) is 8.29. The molecule has 2 aromatic carbocycles. The van der Waals surface area contributed by atoms with E-state index < -0.39 is 18.4 Å². The largest absolute Gasteiger partial charge is 0.449 e. The van der Waals surface area contributed by atoms with Crippen LogP contribution in [0.25, 0.3) is 11.1 Å². The van der Waals surface area contributed by atoms with E-state index in [0.29, 0.717) is 38.6 Å². The molecule has 2 unspecified atom stereocenters. The lowest BCUT2D eigenvalue weighted by Gasteiger charge is -2.33. The van der Waals surface area contributed by atoms with E-state index >= 15 is 0 Å². The van der Waals surface area contributed by atoms with E-state index in [1.807, 2.05) is 52.0 Å². The molecule has 0 spiro atoms. The van der Waals surface area contributed by atoms with Gasteiger partial charge in [-0.2, -0.15) is 0 Å². The van der Waals surface area contributed by atoms with Crippen LogP contribution >= 0.6 is 0 Å². The smallest absolute Gasteiger partial charge is 0.407 e. The van der Waals surface area contributed by atoms with E-state index in [1.54, 1.807) is 4.90 Å². The Kier molecular flexibility index (Phi) is 11.8. The highest BCUT2D eigenvalue weighted by atomic mass is 16.7. The van der Waals surface area contributed by atoms with Gasteiger partial charge in [-0.3, -0.25) is 4.79 Å². The van der Waals surface area contributed by atoms with Crippen LogP contribution in [0.2, 0.25) is 0 Å². The molecule has 0 radical (unpaired) electrons. The Hall–Kier alpha value is -2.90. The number of amides is 2. The Morgan fingerprint density at radius 2 is 1.44 bits per heavy atom. The average molecular weight is 539 g/mol. The van der Waals surface area contributed by atoms with E-state index in [-0.39, 0.29) is 24.3 Å². The van der Waals surface area contributed by atoms with Crippen molar-refractivity contribution in [2.45, 2.75) is 72.6 Å². The summed E-state index contributed by atoms with van der Waals surface area (Å²) in [6.07, 6.45) is 0.355. The summed E-state index contributed by atoms with van der Waals surface area (Å²) in [5, 5.41) is 2.90. The fourth-order valence-electron chi connectivity index (χ4n) is 5.16. The highest BCUT2D eigenvalue weighted by Gasteiger charge is 2.32. The van der Waals surface area contributed by atoms with Crippen LogP contribution in [-0.4, -0.2) is 62.1 Å².